The summed E-state index contributed by atoms with van der Waals surface area (Å²) in [6.07, 6.45) is 2.04. The Morgan fingerprint density at radius 1 is 1.29 bits per heavy atom. The lowest BCUT2D eigenvalue weighted by Crippen LogP contribution is -2.55. The Hall–Kier alpha value is -1.91. The normalized spacial score (nSPS) is 11.1. The average molecular weight is 294 g/mol. The number of halogens is 1. The second-order valence-electron chi connectivity index (χ2n) is 5.95. The Kier molecular flexibility index (Phi) is 5.88. The Morgan fingerprint density at radius 3 is 2.48 bits per heavy atom. The van der Waals surface area contributed by atoms with Gasteiger partial charge in [0.15, 0.2) is 0 Å². The minimum absolute atomic E-state index is 0.144. The van der Waals surface area contributed by atoms with Crippen molar-refractivity contribution >= 4 is 11.8 Å². The molecule has 4 nitrogen and oxygen atoms in total. The van der Waals surface area contributed by atoms with Crippen LogP contribution in [-0.4, -0.2) is 22.4 Å². The number of nitrogens with zero attached hydrogens (tertiary/aromatic N) is 1. The highest BCUT2D eigenvalue weighted by Gasteiger charge is 2.28. The van der Waals surface area contributed by atoms with Gasteiger partial charge in [-0.15, -0.1) is 0 Å². The van der Waals surface area contributed by atoms with Crippen molar-refractivity contribution in [1.82, 2.24) is 10.4 Å². The van der Waals surface area contributed by atoms with E-state index < -0.39 is 17.3 Å². The summed E-state index contributed by atoms with van der Waals surface area (Å²) in [4.78, 5) is 24.4. The van der Waals surface area contributed by atoms with Gasteiger partial charge in [0.1, 0.15) is 5.82 Å². The number of unbranched alkanes of at least 4 members (excludes halogenated alkanes) is 1. The molecule has 0 fully saturated rings. The lowest BCUT2D eigenvalue weighted by molar-refractivity contribution is -0.139. The monoisotopic (exact) mass is 294 g/mol. The van der Waals surface area contributed by atoms with Crippen LogP contribution in [0.25, 0.3) is 0 Å². The van der Waals surface area contributed by atoms with Gasteiger partial charge in [0.25, 0.3) is 5.91 Å². The van der Waals surface area contributed by atoms with Crippen molar-refractivity contribution in [2.24, 2.45) is 0 Å². The molecule has 1 N–H and O–H groups in total. The summed E-state index contributed by atoms with van der Waals surface area (Å²) in [5.41, 5.74) is 2.23. The first-order valence-corrected chi connectivity index (χ1v) is 7.15. The van der Waals surface area contributed by atoms with Crippen molar-refractivity contribution in [2.45, 2.75) is 52.5 Å². The van der Waals surface area contributed by atoms with E-state index in [0.29, 0.717) is 6.42 Å². The maximum Gasteiger partial charge on any atom is 0.269 e. The third kappa shape index (κ3) is 5.17. The molecule has 2 amide bonds. The minimum Gasteiger partial charge on any atom is -0.273 e. The Balaban J connectivity index is 2.86. The van der Waals surface area contributed by atoms with E-state index in [-0.39, 0.29) is 11.5 Å². The van der Waals surface area contributed by atoms with Crippen molar-refractivity contribution in [3.8, 4) is 0 Å². The summed E-state index contributed by atoms with van der Waals surface area (Å²) in [5, 5.41) is 1.33. The fourth-order valence-electron chi connectivity index (χ4n) is 1.84. The third-order valence-corrected chi connectivity index (χ3v) is 2.96. The van der Waals surface area contributed by atoms with E-state index in [1.165, 1.54) is 23.2 Å². The van der Waals surface area contributed by atoms with Gasteiger partial charge in [-0.05, 0) is 45.4 Å². The van der Waals surface area contributed by atoms with Crippen LogP contribution in [0.15, 0.2) is 24.3 Å². The molecule has 0 bridgehead atoms. The SMILES string of the molecule is CCCCC(=O)N(NC(=O)c1cccc(F)c1)C(C)(C)C. The average Bonchev–Trinajstić information content (AvgIpc) is 2.40. The van der Waals surface area contributed by atoms with Crippen LogP contribution >= 0.6 is 0 Å². The molecule has 0 unspecified atom stereocenters. The van der Waals surface area contributed by atoms with E-state index in [2.05, 4.69) is 5.43 Å². The van der Waals surface area contributed by atoms with Gasteiger partial charge in [0, 0.05) is 12.0 Å². The van der Waals surface area contributed by atoms with E-state index >= 15 is 0 Å². The van der Waals surface area contributed by atoms with Gasteiger partial charge in [-0.3, -0.25) is 15.0 Å². The molecule has 0 spiro atoms. The highest BCUT2D eigenvalue weighted by Crippen LogP contribution is 2.14. The van der Waals surface area contributed by atoms with Crippen LogP contribution in [0.3, 0.4) is 0 Å². The molecule has 0 heterocycles. The Morgan fingerprint density at radius 2 is 1.95 bits per heavy atom. The molecule has 0 aromatic heterocycles. The van der Waals surface area contributed by atoms with E-state index in [1.807, 2.05) is 27.7 Å². The van der Waals surface area contributed by atoms with Crippen LogP contribution in [0.5, 0.6) is 0 Å². The van der Waals surface area contributed by atoms with Crippen LogP contribution < -0.4 is 5.43 Å². The summed E-state index contributed by atoms with van der Waals surface area (Å²) in [6, 6.07) is 5.39. The first kappa shape index (κ1) is 17.1. The quantitative estimate of drug-likeness (QED) is 0.866. The van der Waals surface area contributed by atoms with Crippen LogP contribution in [0.4, 0.5) is 4.39 Å². The zero-order valence-corrected chi connectivity index (χ0v) is 13.1. The molecule has 1 aromatic carbocycles. The van der Waals surface area contributed by atoms with Crippen LogP contribution in [-0.2, 0) is 4.79 Å². The van der Waals surface area contributed by atoms with Gasteiger partial charge in [0.2, 0.25) is 5.91 Å². The predicted octanol–water partition coefficient (Wildman–Crippen LogP) is 3.29. The van der Waals surface area contributed by atoms with Gasteiger partial charge in [-0.2, -0.15) is 0 Å². The molecule has 0 saturated carbocycles. The number of carbonyl (C=O) groups is 2. The highest BCUT2D eigenvalue weighted by molar-refractivity contribution is 5.95. The molecular formula is C16H23FN2O2. The number of hydrazine groups is 1. The van der Waals surface area contributed by atoms with Gasteiger partial charge >= 0.3 is 0 Å². The van der Waals surface area contributed by atoms with Crippen LogP contribution in [0.2, 0.25) is 0 Å². The molecule has 0 atom stereocenters. The molecule has 1 rings (SSSR count). The number of hydrogen-bond donors (Lipinski definition) is 1. The van der Waals surface area contributed by atoms with Gasteiger partial charge in [-0.25, -0.2) is 9.40 Å². The zero-order valence-electron chi connectivity index (χ0n) is 13.1. The van der Waals surface area contributed by atoms with Crippen molar-refractivity contribution in [1.29, 1.82) is 0 Å². The number of hydrogen-bond acceptors (Lipinski definition) is 2. The third-order valence-electron chi connectivity index (χ3n) is 2.96. The summed E-state index contributed by atoms with van der Waals surface area (Å²) in [6.45, 7) is 7.51. The smallest absolute Gasteiger partial charge is 0.269 e. The molecular weight excluding hydrogens is 271 g/mol. The molecule has 0 aliphatic carbocycles. The Labute approximate surface area is 125 Å². The molecule has 21 heavy (non-hydrogen) atoms. The first-order chi connectivity index (χ1) is 9.75. The highest BCUT2D eigenvalue weighted by atomic mass is 19.1. The second-order valence-corrected chi connectivity index (χ2v) is 5.95. The Bertz CT molecular complexity index is 509. The summed E-state index contributed by atoms with van der Waals surface area (Å²) < 4.78 is 13.2. The molecule has 0 saturated heterocycles. The maximum absolute atomic E-state index is 13.2. The first-order valence-electron chi connectivity index (χ1n) is 7.15. The number of carbonyl (C=O) groups excluding carboxylic acids is 2. The topological polar surface area (TPSA) is 49.4 Å². The van der Waals surface area contributed by atoms with Gasteiger partial charge in [-0.1, -0.05) is 19.4 Å². The summed E-state index contributed by atoms with van der Waals surface area (Å²) in [7, 11) is 0. The van der Waals surface area contributed by atoms with Crippen molar-refractivity contribution in [3.63, 3.8) is 0 Å². The predicted molar refractivity (Wildman–Crippen MR) is 80.0 cm³/mol. The van der Waals surface area contributed by atoms with Crippen molar-refractivity contribution in [2.75, 3.05) is 0 Å². The number of nitrogens with one attached hydrogen (secondary N) is 1. The second kappa shape index (κ2) is 7.20. The lowest BCUT2D eigenvalue weighted by atomic mass is 10.1. The standard InChI is InChI=1S/C16H23FN2O2/c1-5-6-10-14(20)19(16(2,3)4)18-15(21)12-8-7-9-13(17)11-12/h7-9,11H,5-6,10H2,1-4H3,(H,18,21). The molecule has 1 aromatic rings. The van der Waals surface area contributed by atoms with Crippen molar-refractivity contribution < 1.29 is 14.0 Å². The number of amides is 2. The molecule has 0 aliphatic rings. The fourth-order valence-corrected chi connectivity index (χ4v) is 1.84. The fraction of sp³-hybridized carbons (Fsp3) is 0.500. The van der Waals surface area contributed by atoms with E-state index in [1.54, 1.807) is 0 Å². The van der Waals surface area contributed by atoms with Crippen LogP contribution in [0.1, 0.15) is 57.3 Å². The number of benzene rings is 1. The van der Waals surface area contributed by atoms with E-state index in [9.17, 15) is 14.0 Å². The molecule has 0 radical (unpaired) electrons. The lowest BCUT2D eigenvalue weighted by Gasteiger charge is -2.35. The zero-order chi connectivity index (χ0) is 16.0. The molecule has 5 heteroatoms. The molecule has 0 aliphatic heterocycles. The largest absolute Gasteiger partial charge is 0.273 e. The molecule has 116 valence electrons. The van der Waals surface area contributed by atoms with Crippen LogP contribution in [0, 0.1) is 5.82 Å². The summed E-state index contributed by atoms with van der Waals surface area (Å²) >= 11 is 0. The minimum atomic E-state index is -0.548. The maximum atomic E-state index is 13.2. The van der Waals surface area contributed by atoms with Gasteiger partial charge < -0.3 is 0 Å². The van der Waals surface area contributed by atoms with Crippen molar-refractivity contribution in [3.05, 3.63) is 35.6 Å². The summed E-state index contributed by atoms with van der Waals surface area (Å²) in [5.74, 6) is -1.12. The van der Waals surface area contributed by atoms with E-state index in [4.69, 9.17) is 0 Å². The van der Waals surface area contributed by atoms with Gasteiger partial charge in [0.05, 0.1) is 5.54 Å². The van der Waals surface area contributed by atoms with E-state index in [0.717, 1.165) is 18.9 Å². The number of rotatable bonds is 4.